The molecule has 0 aliphatic carbocycles. The van der Waals surface area contributed by atoms with Crippen molar-refractivity contribution in [1.82, 2.24) is 5.32 Å². The van der Waals surface area contributed by atoms with Crippen molar-refractivity contribution in [2.24, 2.45) is 0 Å². The summed E-state index contributed by atoms with van der Waals surface area (Å²) in [4.78, 5) is 1.32. The van der Waals surface area contributed by atoms with Gasteiger partial charge in [-0.3, -0.25) is 0 Å². The molecule has 1 aromatic heterocycles. The highest BCUT2D eigenvalue weighted by Gasteiger charge is 2.14. The van der Waals surface area contributed by atoms with Gasteiger partial charge in [-0.1, -0.05) is 26.0 Å². The molecule has 0 amide bonds. The third kappa shape index (κ3) is 4.08. The van der Waals surface area contributed by atoms with Crippen LogP contribution in [0.3, 0.4) is 0 Å². The second-order valence-corrected chi connectivity index (χ2v) is 7.04. The van der Waals surface area contributed by atoms with E-state index in [0.29, 0.717) is 0 Å². The van der Waals surface area contributed by atoms with E-state index in [0.717, 1.165) is 25.3 Å². The third-order valence-electron chi connectivity index (χ3n) is 2.97. The molecule has 0 bridgehead atoms. The van der Waals surface area contributed by atoms with Gasteiger partial charge in [0.1, 0.15) is 5.75 Å². The Balaban J connectivity index is 2.17. The van der Waals surface area contributed by atoms with Crippen LogP contribution >= 0.6 is 27.3 Å². The molecular formula is C16H20BrNOS. The Labute approximate surface area is 133 Å². The second-order valence-electron chi connectivity index (χ2n) is 4.55. The predicted molar refractivity (Wildman–Crippen MR) is 89.8 cm³/mol. The smallest absolute Gasteiger partial charge is 0.119 e. The molecule has 1 heterocycles. The molecule has 4 heteroatoms. The zero-order valence-electron chi connectivity index (χ0n) is 11.9. The van der Waals surface area contributed by atoms with Gasteiger partial charge in [-0.2, -0.15) is 0 Å². The first-order valence-electron chi connectivity index (χ1n) is 6.96. The van der Waals surface area contributed by atoms with E-state index in [1.807, 2.05) is 0 Å². The molecule has 1 N–H and O–H groups in total. The molecule has 0 fully saturated rings. The number of thiophene rings is 1. The SMILES string of the molecule is CCCOc1ccc(C(NCC)c2ccc(Br)s2)cc1. The number of hydrogen-bond acceptors (Lipinski definition) is 3. The van der Waals surface area contributed by atoms with Gasteiger partial charge in [-0.25, -0.2) is 0 Å². The van der Waals surface area contributed by atoms with E-state index in [9.17, 15) is 0 Å². The Morgan fingerprint density at radius 3 is 2.45 bits per heavy atom. The minimum Gasteiger partial charge on any atom is -0.494 e. The highest BCUT2D eigenvalue weighted by Crippen LogP contribution is 2.31. The summed E-state index contributed by atoms with van der Waals surface area (Å²) in [5.74, 6) is 0.943. The number of nitrogens with one attached hydrogen (secondary N) is 1. The van der Waals surface area contributed by atoms with Crippen LogP contribution in [0.25, 0.3) is 0 Å². The van der Waals surface area contributed by atoms with Crippen molar-refractivity contribution in [3.05, 3.63) is 50.6 Å². The molecule has 0 radical (unpaired) electrons. The van der Waals surface area contributed by atoms with E-state index in [4.69, 9.17) is 4.74 Å². The maximum Gasteiger partial charge on any atom is 0.119 e. The average molecular weight is 354 g/mol. The molecule has 2 nitrogen and oxygen atoms in total. The lowest BCUT2D eigenvalue weighted by molar-refractivity contribution is 0.317. The van der Waals surface area contributed by atoms with Gasteiger partial charge in [0.25, 0.3) is 0 Å². The first kappa shape index (κ1) is 15.5. The summed E-state index contributed by atoms with van der Waals surface area (Å²) in [5.41, 5.74) is 1.27. The van der Waals surface area contributed by atoms with Crippen LogP contribution in [0.4, 0.5) is 0 Å². The molecule has 0 aliphatic rings. The van der Waals surface area contributed by atoms with Gasteiger partial charge in [0, 0.05) is 4.88 Å². The van der Waals surface area contributed by atoms with Crippen molar-refractivity contribution in [1.29, 1.82) is 0 Å². The maximum atomic E-state index is 5.63. The molecule has 0 saturated heterocycles. The summed E-state index contributed by atoms with van der Waals surface area (Å²) < 4.78 is 6.80. The molecule has 2 rings (SSSR count). The van der Waals surface area contributed by atoms with Crippen molar-refractivity contribution in [3.8, 4) is 5.75 Å². The fourth-order valence-electron chi connectivity index (χ4n) is 2.05. The normalized spacial score (nSPS) is 12.3. The second kappa shape index (κ2) is 7.81. The van der Waals surface area contributed by atoms with Crippen LogP contribution in [-0.2, 0) is 0 Å². The van der Waals surface area contributed by atoms with Crippen LogP contribution in [0.5, 0.6) is 5.75 Å². The van der Waals surface area contributed by atoms with Gasteiger partial charge in [-0.15, -0.1) is 11.3 Å². The lowest BCUT2D eigenvalue weighted by Gasteiger charge is -2.17. The number of ether oxygens (including phenoxy) is 1. The number of rotatable bonds is 7. The Hall–Kier alpha value is -0.840. The number of hydrogen-bond donors (Lipinski definition) is 1. The Morgan fingerprint density at radius 1 is 1.15 bits per heavy atom. The topological polar surface area (TPSA) is 21.3 Å². The first-order valence-corrected chi connectivity index (χ1v) is 8.57. The predicted octanol–water partition coefficient (Wildman–Crippen LogP) is 5.00. The highest BCUT2D eigenvalue weighted by atomic mass is 79.9. The van der Waals surface area contributed by atoms with Crippen molar-refractivity contribution in [2.75, 3.05) is 13.2 Å². The van der Waals surface area contributed by atoms with Crippen LogP contribution in [0.15, 0.2) is 40.2 Å². The zero-order chi connectivity index (χ0) is 14.4. The van der Waals surface area contributed by atoms with Crippen LogP contribution in [0.2, 0.25) is 0 Å². The van der Waals surface area contributed by atoms with E-state index < -0.39 is 0 Å². The molecule has 1 atom stereocenters. The minimum absolute atomic E-state index is 0.247. The number of benzene rings is 1. The molecule has 2 aromatic rings. The monoisotopic (exact) mass is 353 g/mol. The molecule has 1 aromatic carbocycles. The van der Waals surface area contributed by atoms with Gasteiger partial charge in [0.15, 0.2) is 0 Å². The average Bonchev–Trinajstić information content (AvgIpc) is 2.89. The fourth-order valence-corrected chi connectivity index (χ4v) is 3.57. The molecule has 108 valence electrons. The fraction of sp³-hybridized carbons (Fsp3) is 0.375. The Bertz CT molecular complexity index is 524. The summed E-state index contributed by atoms with van der Waals surface area (Å²) in [7, 11) is 0. The van der Waals surface area contributed by atoms with E-state index in [1.54, 1.807) is 11.3 Å². The van der Waals surface area contributed by atoms with Gasteiger partial charge in [-0.05, 0) is 58.7 Å². The summed E-state index contributed by atoms with van der Waals surface area (Å²) in [6, 6.07) is 12.9. The van der Waals surface area contributed by atoms with E-state index in [1.165, 1.54) is 14.2 Å². The van der Waals surface area contributed by atoms with Gasteiger partial charge < -0.3 is 10.1 Å². The van der Waals surface area contributed by atoms with Crippen LogP contribution in [-0.4, -0.2) is 13.2 Å². The van der Waals surface area contributed by atoms with E-state index >= 15 is 0 Å². The van der Waals surface area contributed by atoms with E-state index in [-0.39, 0.29) is 6.04 Å². The summed E-state index contributed by atoms with van der Waals surface area (Å²) >= 11 is 5.31. The van der Waals surface area contributed by atoms with Crippen molar-refractivity contribution < 1.29 is 4.74 Å². The maximum absolute atomic E-state index is 5.63. The van der Waals surface area contributed by atoms with Gasteiger partial charge in [0.2, 0.25) is 0 Å². The van der Waals surface area contributed by atoms with Crippen LogP contribution in [0.1, 0.15) is 36.8 Å². The highest BCUT2D eigenvalue weighted by molar-refractivity contribution is 9.11. The molecule has 1 unspecified atom stereocenters. The Morgan fingerprint density at radius 2 is 1.90 bits per heavy atom. The third-order valence-corrected chi connectivity index (χ3v) is 4.66. The molecule has 20 heavy (non-hydrogen) atoms. The first-order chi connectivity index (χ1) is 9.74. The lowest BCUT2D eigenvalue weighted by atomic mass is 10.1. The Kier molecular flexibility index (Phi) is 6.07. The lowest BCUT2D eigenvalue weighted by Crippen LogP contribution is -2.20. The van der Waals surface area contributed by atoms with Crippen molar-refractivity contribution in [3.63, 3.8) is 0 Å². The molecule has 0 saturated carbocycles. The zero-order valence-corrected chi connectivity index (χ0v) is 14.3. The van der Waals surface area contributed by atoms with Gasteiger partial charge in [0.05, 0.1) is 16.4 Å². The molecular weight excluding hydrogens is 334 g/mol. The van der Waals surface area contributed by atoms with Gasteiger partial charge >= 0.3 is 0 Å². The van der Waals surface area contributed by atoms with Crippen molar-refractivity contribution >= 4 is 27.3 Å². The summed E-state index contributed by atoms with van der Waals surface area (Å²) in [6.07, 6.45) is 1.03. The summed E-state index contributed by atoms with van der Waals surface area (Å²) in [6.45, 7) is 5.96. The molecule has 0 aliphatic heterocycles. The van der Waals surface area contributed by atoms with Crippen LogP contribution in [0, 0.1) is 0 Å². The quantitative estimate of drug-likeness (QED) is 0.756. The van der Waals surface area contributed by atoms with Crippen molar-refractivity contribution in [2.45, 2.75) is 26.3 Å². The minimum atomic E-state index is 0.247. The largest absolute Gasteiger partial charge is 0.494 e. The van der Waals surface area contributed by atoms with Crippen LogP contribution < -0.4 is 10.1 Å². The number of halogens is 1. The molecule has 0 spiro atoms. The summed E-state index contributed by atoms with van der Waals surface area (Å²) in [5, 5.41) is 3.54. The van der Waals surface area contributed by atoms with E-state index in [2.05, 4.69) is 71.5 Å². The standard InChI is InChI=1S/C16H20BrNOS/c1-3-11-19-13-7-5-12(6-8-13)16(18-4-2)14-9-10-15(17)20-14/h5-10,16,18H,3-4,11H2,1-2H3.